The first kappa shape index (κ1) is 31.1. The Balaban J connectivity index is 1.91. The minimum absolute atomic E-state index is 0.159. The molecule has 0 amide bonds. The molecule has 0 saturated carbocycles. The second kappa shape index (κ2) is 13.4. The zero-order valence-electron chi connectivity index (χ0n) is 23.6. The van der Waals surface area contributed by atoms with Crippen LogP contribution in [0, 0.1) is 3.57 Å². The molecule has 1 aromatic heterocycles. The number of hydrogen-bond donors (Lipinski definition) is 1. The summed E-state index contributed by atoms with van der Waals surface area (Å²) in [6.45, 7) is 5.31. The molecule has 1 aliphatic rings. The fourth-order valence-corrected chi connectivity index (χ4v) is 6.31. The normalized spacial score (nSPS) is 14.6. The van der Waals surface area contributed by atoms with Crippen molar-refractivity contribution >= 4 is 51.9 Å². The number of ether oxygens (including phenoxy) is 5. The lowest BCUT2D eigenvalue weighted by molar-refractivity contribution is -0.140. The molecule has 0 radical (unpaired) electrons. The number of thiazole rings is 1. The number of carbonyl (C=O) groups excluding carboxylic acids is 1. The number of rotatable bonds is 11. The monoisotopic (exact) mass is 708 g/mol. The van der Waals surface area contributed by atoms with Crippen molar-refractivity contribution in [3.8, 4) is 23.0 Å². The molecule has 3 aromatic rings. The maximum Gasteiger partial charge on any atom is 0.341 e. The van der Waals surface area contributed by atoms with Crippen LogP contribution in [0.1, 0.15) is 37.9 Å². The average molecular weight is 709 g/mol. The number of esters is 1. The number of nitrogens with zero attached hydrogens (tertiary/aromatic N) is 2. The van der Waals surface area contributed by atoms with Gasteiger partial charge in [0.1, 0.15) is 0 Å². The Kier molecular flexibility index (Phi) is 9.93. The van der Waals surface area contributed by atoms with E-state index in [2.05, 4.69) is 4.99 Å². The van der Waals surface area contributed by atoms with E-state index < -0.39 is 24.6 Å². The Morgan fingerprint density at radius 3 is 2.45 bits per heavy atom. The van der Waals surface area contributed by atoms with Crippen LogP contribution in [0.5, 0.6) is 23.0 Å². The number of aromatic nitrogens is 1. The highest BCUT2D eigenvalue weighted by molar-refractivity contribution is 14.1. The number of allylic oxidation sites excluding steroid dienone is 1. The van der Waals surface area contributed by atoms with Crippen LogP contribution in [0.3, 0.4) is 0 Å². The van der Waals surface area contributed by atoms with Gasteiger partial charge < -0.3 is 28.8 Å². The van der Waals surface area contributed by atoms with E-state index in [0.717, 1.165) is 0 Å². The fraction of sp³-hybridized carbons (Fsp3) is 0.310. The van der Waals surface area contributed by atoms with E-state index in [0.29, 0.717) is 59.3 Å². The molecule has 222 valence electrons. The molecule has 0 bridgehead atoms. The summed E-state index contributed by atoms with van der Waals surface area (Å²) in [7, 11) is 2.98. The lowest BCUT2D eigenvalue weighted by Crippen LogP contribution is -2.40. The van der Waals surface area contributed by atoms with Crippen molar-refractivity contribution in [3.05, 3.63) is 76.0 Å². The second-order valence-corrected chi connectivity index (χ2v) is 11.0. The summed E-state index contributed by atoms with van der Waals surface area (Å²) >= 11 is 3.20. The molecule has 0 saturated heterocycles. The molecule has 0 spiro atoms. The Hall–Kier alpha value is -3.85. The van der Waals surface area contributed by atoms with E-state index in [9.17, 15) is 14.4 Å². The highest BCUT2D eigenvalue weighted by Gasteiger charge is 2.34. The number of fused-ring (bicyclic) bond motifs is 1. The maximum absolute atomic E-state index is 14.0. The smallest absolute Gasteiger partial charge is 0.341 e. The van der Waals surface area contributed by atoms with Crippen LogP contribution in [0.15, 0.2) is 51.4 Å². The molecule has 1 aliphatic heterocycles. The Labute approximate surface area is 258 Å². The number of carbonyl (C=O) groups is 2. The first-order valence-corrected chi connectivity index (χ1v) is 14.7. The van der Waals surface area contributed by atoms with E-state index >= 15 is 0 Å². The molecule has 1 atom stereocenters. The van der Waals surface area contributed by atoms with Gasteiger partial charge in [0.2, 0.25) is 0 Å². The van der Waals surface area contributed by atoms with Crippen LogP contribution in [0.2, 0.25) is 0 Å². The molecule has 11 nitrogen and oxygen atoms in total. The molecule has 0 unspecified atom stereocenters. The van der Waals surface area contributed by atoms with Crippen molar-refractivity contribution in [2.24, 2.45) is 4.99 Å². The van der Waals surface area contributed by atoms with Crippen molar-refractivity contribution in [2.45, 2.75) is 26.8 Å². The van der Waals surface area contributed by atoms with Gasteiger partial charge in [0.15, 0.2) is 34.4 Å². The number of carboxylic acid groups (broad SMARTS) is 1. The predicted octanol–water partition coefficient (Wildman–Crippen LogP) is 3.28. The van der Waals surface area contributed by atoms with Gasteiger partial charge in [-0.15, -0.1) is 0 Å². The van der Waals surface area contributed by atoms with E-state index in [-0.39, 0.29) is 17.7 Å². The van der Waals surface area contributed by atoms with Gasteiger partial charge in [-0.3, -0.25) is 9.36 Å². The summed E-state index contributed by atoms with van der Waals surface area (Å²) in [5.41, 5.74) is 1.59. The Morgan fingerprint density at radius 2 is 1.81 bits per heavy atom. The highest BCUT2D eigenvalue weighted by Crippen LogP contribution is 2.37. The molecule has 4 rings (SSSR count). The van der Waals surface area contributed by atoms with E-state index in [1.54, 1.807) is 50.3 Å². The van der Waals surface area contributed by atoms with Gasteiger partial charge in [0.05, 0.1) is 52.8 Å². The number of benzene rings is 2. The molecule has 1 N–H and O–H groups in total. The summed E-state index contributed by atoms with van der Waals surface area (Å²) in [6, 6.07) is 7.85. The Bertz CT molecular complexity index is 1740. The minimum Gasteiger partial charge on any atom is -0.493 e. The molecule has 0 aliphatic carbocycles. The van der Waals surface area contributed by atoms with Gasteiger partial charge in [-0.1, -0.05) is 17.4 Å². The molecule has 2 aromatic carbocycles. The lowest BCUT2D eigenvalue weighted by Gasteiger charge is -2.25. The maximum atomic E-state index is 14.0. The van der Waals surface area contributed by atoms with Crippen LogP contribution >= 0.6 is 33.9 Å². The zero-order chi connectivity index (χ0) is 30.6. The number of methoxy groups -OCH3 is 2. The predicted molar refractivity (Wildman–Crippen MR) is 163 cm³/mol. The molecule has 2 heterocycles. The van der Waals surface area contributed by atoms with Crippen LogP contribution in [-0.2, 0) is 14.3 Å². The quantitative estimate of drug-likeness (QED) is 0.235. The van der Waals surface area contributed by atoms with Crippen molar-refractivity contribution in [3.63, 3.8) is 0 Å². The van der Waals surface area contributed by atoms with Gasteiger partial charge in [-0.25, -0.2) is 14.6 Å². The number of aliphatic carboxylic acids is 1. The molecular weight excluding hydrogens is 679 g/mol. The molecule has 13 heteroatoms. The Morgan fingerprint density at radius 1 is 1.07 bits per heavy atom. The first-order valence-electron chi connectivity index (χ1n) is 12.9. The summed E-state index contributed by atoms with van der Waals surface area (Å²) in [5.74, 6) is -0.0750. The van der Waals surface area contributed by atoms with Crippen molar-refractivity contribution in [1.82, 2.24) is 4.57 Å². The van der Waals surface area contributed by atoms with Crippen LogP contribution < -0.4 is 33.8 Å². The average Bonchev–Trinajstić information content (AvgIpc) is 3.25. The third-order valence-electron chi connectivity index (χ3n) is 6.21. The zero-order valence-corrected chi connectivity index (χ0v) is 26.5. The van der Waals surface area contributed by atoms with Gasteiger partial charge in [-0.2, -0.15) is 0 Å². The summed E-state index contributed by atoms with van der Waals surface area (Å²) in [6.07, 6.45) is 1.69. The highest BCUT2D eigenvalue weighted by atomic mass is 127. The van der Waals surface area contributed by atoms with Gasteiger partial charge in [0.25, 0.3) is 5.56 Å². The fourth-order valence-electron chi connectivity index (χ4n) is 4.49. The van der Waals surface area contributed by atoms with Gasteiger partial charge in [-0.05, 0) is 84.8 Å². The third-order valence-corrected chi connectivity index (χ3v) is 7.99. The van der Waals surface area contributed by atoms with E-state index in [1.807, 2.05) is 29.5 Å². The lowest BCUT2D eigenvalue weighted by atomic mass is 9.95. The van der Waals surface area contributed by atoms with Crippen LogP contribution in [0.4, 0.5) is 0 Å². The summed E-state index contributed by atoms with van der Waals surface area (Å²) in [5, 5.41) is 9.00. The standard InChI is InChI=1S/C29H29IN2O9S/c1-6-39-20-13-17(8-9-19(20)37-4)25-24(28(36)40-7-2)15(3)31-29-32(25)27(35)22(42-29)12-16-10-18(30)26(21(11-16)38-5)41-14-23(33)34/h8-13,25H,6-7,14H2,1-5H3,(H,33,34)/b22-12-/t25-/m0/s1. The first-order chi connectivity index (χ1) is 20.1. The number of hydrogen-bond acceptors (Lipinski definition) is 10. The largest absolute Gasteiger partial charge is 0.493 e. The number of halogens is 1. The van der Waals surface area contributed by atoms with E-state index in [4.69, 9.17) is 28.8 Å². The van der Waals surface area contributed by atoms with Gasteiger partial charge in [0, 0.05) is 0 Å². The summed E-state index contributed by atoms with van der Waals surface area (Å²) in [4.78, 5) is 43.2. The van der Waals surface area contributed by atoms with Crippen molar-refractivity contribution in [2.75, 3.05) is 34.0 Å². The van der Waals surface area contributed by atoms with Crippen molar-refractivity contribution in [1.29, 1.82) is 0 Å². The molecular formula is C29H29IN2O9S. The number of carboxylic acids is 1. The minimum atomic E-state index is -1.12. The van der Waals surface area contributed by atoms with Crippen LogP contribution in [0.25, 0.3) is 6.08 Å². The second-order valence-electron chi connectivity index (χ2n) is 8.86. The van der Waals surface area contributed by atoms with Crippen LogP contribution in [-0.4, -0.2) is 55.7 Å². The topological polar surface area (TPSA) is 135 Å². The molecule has 42 heavy (non-hydrogen) atoms. The third kappa shape index (κ3) is 6.31. The van der Waals surface area contributed by atoms with Crippen molar-refractivity contribution < 1.29 is 38.4 Å². The van der Waals surface area contributed by atoms with Gasteiger partial charge >= 0.3 is 11.9 Å². The van der Waals surface area contributed by atoms with E-state index in [1.165, 1.54) is 30.1 Å². The SMILES string of the molecule is CCOC(=O)C1=C(C)N=c2s/c(=C\c3cc(I)c(OCC(=O)O)c(OC)c3)c(=O)n2[C@H]1c1ccc(OC)c(OCC)c1. The molecule has 0 fully saturated rings. The summed E-state index contributed by atoms with van der Waals surface area (Å²) < 4.78 is 29.9.